The summed E-state index contributed by atoms with van der Waals surface area (Å²) in [5.41, 5.74) is 1.91. The van der Waals surface area contributed by atoms with Crippen LogP contribution >= 0.6 is 23.2 Å². The maximum atomic E-state index is 13.2. The highest BCUT2D eigenvalue weighted by atomic mass is 35.5. The smallest absolute Gasteiger partial charge is 0.261 e. The molecule has 0 saturated carbocycles. The number of hydrogen-bond donors (Lipinski definition) is 1. The van der Waals surface area contributed by atoms with Gasteiger partial charge in [-0.3, -0.25) is 9.59 Å². The number of amides is 2. The summed E-state index contributed by atoms with van der Waals surface area (Å²) in [5, 5.41) is 3.85. The molecule has 31 heavy (non-hydrogen) atoms. The van der Waals surface area contributed by atoms with Crippen molar-refractivity contribution in [1.82, 2.24) is 10.2 Å². The van der Waals surface area contributed by atoms with Crippen molar-refractivity contribution in [3.05, 3.63) is 63.6 Å². The van der Waals surface area contributed by atoms with E-state index in [1.54, 1.807) is 18.2 Å². The molecule has 2 aromatic rings. The molecule has 0 radical (unpaired) electrons. The summed E-state index contributed by atoms with van der Waals surface area (Å²) in [5.74, 6) is 0.137. The van der Waals surface area contributed by atoms with Crippen molar-refractivity contribution in [2.45, 2.75) is 52.6 Å². The lowest BCUT2D eigenvalue weighted by molar-refractivity contribution is -0.143. The molecule has 1 N–H and O–H groups in total. The maximum Gasteiger partial charge on any atom is 0.261 e. The van der Waals surface area contributed by atoms with Crippen molar-refractivity contribution >= 4 is 35.0 Å². The van der Waals surface area contributed by atoms with Gasteiger partial charge in [-0.2, -0.15) is 0 Å². The van der Waals surface area contributed by atoms with E-state index in [0.29, 0.717) is 34.3 Å². The highest BCUT2D eigenvalue weighted by Crippen LogP contribution is 2.24. The van der Waals surface area contributed by atoms with Gasteiger partial charge in [0.25, 0.3) is 5.91 Å². The fourth-order valence-electron chi connectivity index (χ4n) is 3.17. The molecule has 0 fully saturated rings. The molecule has 2 aromatic carbocycles. The van der Waals surface area contributed by atoms with Gasteiger partial charge in [-0.05, 0) is 54.7 Å². The Labute approximate surface area is 194 Å². The number of rotatable bonds is 11. The Morgan fingerprint density at radius 2 is 1.77 bits per heavy atom. The van der Waals surface area contributed by atoms with Crippen LogP contribution in [-0.2, 0) is 22.6 Å². The predicted octanol–water partition coefficient (Wildman–Crippen LogP) is 5.27. The SMILES string of the molecule is CCCNC(=O)[C@@H](CC)N(Cc1ccc(Cl)cc1Cl)C(=O)COc1ccc(CC)cc1. The second-order valence-electron chi connectivity index (χ2n) is 7.26. The number of ether oxygens (including phenoxy) is 1. The van der Waals surface area contributed by atoms with Gasteiger partial charge in [0.05, 0.1) is 0 Å². The summed E-state index contributed by atoms with van der Waals surface area (Å²) in [7, 11) is 0. The molecule has 5 nitrogen and oxygen atoms in total. The predicted molar refractivity (Wildman–Crippen MR) is 126 cm³/mol. The van der Waals surface area contributed by atoms with Gasteiger partial charge in [0, 0.05) is 23.1 Å². The molecule has 0 aliphatic rings. The van der Waals surface area contributed by atoms with E-state index in [9.17, 15) is 9.59 Å². The number of benzene rings is 2. The van der Waals surface area contributed by atoms with E-state index in [1.807, 2.05) is 38.1 Å². The van der Waals surface area contributed by atoms with Gasteiger partial charge in [0.2, 0.25) is 5.91 Å². The van der Waals surface area contributed by atoms with Crippen LogP contribution in [0.4, 0.5) is 0 Å². The van der Waals surface area contributed by atoms with E-state index in [-0.39, 0.29) is 25.0 Å². The van der Waals surface area contributed by atoms with Crippen molar-refractivity contribution in [1.29, 1.82) is 0 Å². The van der Waals surface area contributed by atoms with Gasteiger partial charge in [-0.1, -0.05) is 62.2 Å². The minimum Gasteiger partial charge on any atom is -0.484 e. The second kappa shape index (κ2) is 12.6. The Kier molecular flexibility index (Phi) is 10.2. The first kappa shape index (κ1) is 25.0. The van der Waals surface area contributed by atoms with Crippen LogP contribution in [0.5, 0.6) is 5.75 Å². The van der Waals surface area contributed by atoms with Gasteiger partial charge in [0.1, 0.15) is 11.8 Å². The number of nitrogens with zero attached hydrogens (tertiary/aromatic N) is 1. The zero-order chi connectivity index (χ0) is 22.8. The van der Waals surface area contributed by atoms with Crippen molar-refractivity contribution < 1.29 is 14.3 Å². The van der Waals surface area contributed by atoms with Crippen molar-refractivity contribution in [3.8, 4) is 5.75 Å². The zero-order valence-electron chi connectivity index (χ0n) is 18.3. The Morgan fingerprint density at radius 1 is 1.06 bits per heavy atom. The fourth-order valence-corrected chi connectivity index (χ4v) is 3.64. The maximum absolute atomic E-state index is 13.2. The van der Waals surface area contributed by atoms with Gasteiger partial charge >= 0.3 is 0 Å². The standard InChI is InChI=1S/C24H30Cl2N2O3/c1-4-13-27-24(30)22(6-3)28(15-18-9-10-19(25)14-21(18)26)23(29)16-31-20-11-7-17(5-2)8-12-20/h7-12,14,22H,4-6,13,15-16H2,1-3H3,(H,27,30)/t22-/m1/s1. The summed E-state index contributed by atoms with van der Waals surface area (Å²) in [6.45, 7) is 6.51. The first-order valence-corrected chi connectivity index (χ1v) is 11.4. The monoisotopic (exact) mass is 464 g/mol. The molecule has 7 heteroatoms. The molecule has 0 aliphatic carbocycles. The highest BCUT2D eigenvalue weighted by Gasteiger charge is 2.29. The van der Waals surface area contributed by atoms with Crippen LogP contribution in [0.3, 0.4) is 0 Å². The van der Waals surface area contributed by atoms with Crippen LogP contribution in [0.1, 0.15) is 44.7 Å². The summed E-state index contributed by atoms with van der Waals surface area (Å²) in [6, 6.07) is 12.1. The zero-order valence-corrected chi connectivity index (χ0v) is 19.8. The molecule has 0 bridgehead atoms. The van der Waals surface area contributed by atoms with Crippen molar-refractivity contribution in [3.63, 3.8) is 0 Å². The molecule has 0 aromatic heterocycles. The molecule has 0 unspecified atom stereocenters. The summed E-state index contributed by atoms with van der Waals surface area (Å²) in [6.07, 6.45) is 2.22. The number of hydrogen-bond acceptors (Lipinski definition) is 3. The number of carbonyl (C=O) groups is 2. The third-order valence-electron chi connectivity index (χ3n) is 4.98. The minimum absolute atomic E-state index is 0.172. The van der Waals surface area contributed by atoms with Crippen LogP contribution in [-0.4, -0.2) is 35.9 Å². The first-order chi connectivity index (χ1) is 14.9. The Morgan fingerprint density at radius 3 is 2.35 bits per heavy atom. The van der Waals surface area contributed by atoms with Crippen LogP contribution in [0.25, 0.3) is 0 Å². The normalized spacial score (nSPS) is 11.6. The molecule has 2 amide bonds. The third-order valence-corrected chi connectivity index (χ3v) is 5.57. The molecule has 0 aliphatic heterocycles. The van der Waals surface area contributed by atoms with E-state index >= 15 is 0 Å². The largest absolute Gasteiger partial charge is 0.484 e. The van der Waals surface area contributed by atoms with Gasteiger partial charge in [-0.15, -0.1) is 0 Å². The molecule has 2 rings (SSSR count). The molecular formula is C24H30Cl2N2O3. The van der Waals surface area contributed by atoms with E-state index in [0.717, 1.165) is 12.8 Å². The van der Waals surface area contributed by atoms with Crippen molar-refractivity contribution in [2.75, 3.05) is 13.2 Å². The lowest BCUT2D eigenvalue weighted by atomic mass is 10.1. The Balaban J connectivity index is 2.21. The minimum atomic E-state index is -0.628. The Bertz CT molecular complexity index is 872. The van der Waals surface area contributed by atoms with Crippen molar-refractivity contribution in [2.24, 2.45) is 0 Å². The van der Waals surface area contributed by atoms with E-state index in [2.05, 4.69) is 12.2 Å². The molecular weight excluding hydrogens is 435 g/mol. The van der Waals surface area contributed by atoms with Gasteiger partial charge in [0.15, 0.2) is 6.61 Å². The average molecular weight is 465 g/mol. The third kappa shape index (κ3) is 7.44. The second-order valence-corrected chi connectivity index (χ2v) is 8.10. The molecule has 168 valence electrons. The molecule has 0 heterocycles. The number of nitrogens with one attached hydrogen (secondary N) is 1. The van der Waals surface area contributed by atoms with Crippen LogP contribution in [0, 0.1) is 0 Å². The lowest BCUT2D eigenvalue weighted by Crippen LogP contribution is -2.50. The van der Waals surface area contributed by atoms with E-state index in [4.69, 9.17) is 27.9 Å². The Hall–Kier alpha value is -2.24. The van der Waals surface area contributed by atoms with E-state index < -0.39 is 6.04 Å². The summed E-state index contributed by atoms with van der Waals surface area (Å²) < 4.78 is 5.71. The molecule has 0 saturated heterocycles. The molecule has 1 atom stereocenters. The van der Waals surface area contributed by atoms with Crippen LogP contribution < -0.4 is 10.1 Å². The number of halogens is 2. The summed E-state index contributed by atoms with van der Waals surface area (Å²) >= 11 is 12.3. The quantitative estimate of drug-likeness (QED) is 0.492. The van der Waals surface area contributed by atoms with Gasteiger partial charge in [-0.25, -0.2) is 0 Å². The van der Waals surface area contributed by atoms with Gasteiger partial charge < -0.3 is 15.0 Å². The van der Waals surface area contributed by atoms with Crippen LogP contribution in [0.2, 0.25) is 10.0 Å². The topological polar surface area (TPSA) is 58.6 Å². The molecule has 0 spiro atoms. The highest BCUT2D eigenvalue weighted by molar-refractivity contribution is 6.35. The van der Waals surface area contributed by atoms with E-state index in [1.165, 1.54) is 10.5 Å². The van der Waals surface area contributed by atoms with Crippen LogP contribution in [0.15, 0.2) is 42.5 Å². The average Bonchev–Trinajstić information content (AvgIpc) is 2.77. The first-order valence-electron chi connectivity index (χ1n) is 10.6. The number of aryl methyl sites for hydroxylation is 1. The summed E-state index contributed by atoms with van der Waals surface area (Å²) in [4.78, 5) is 27.4. The lowest BCUT2D eigenvalue weighted by Gasteiger charge is -2.31. The fraction of sp³-hybridized carbons (Fsp3) is 0.417. The number of carbonyl (C=O) groups excluding carboxylic acids is 2.